The first-order valence-electron chi connectivity index (χ1n) is 2.91. The van der Waals surface area contributed by atoms with Gasteiger partial charge in [-0.3, -0.25) is 9.78 Å². The molecule has 0 N–H and O–H groups in total. The number of carbonyl (C=O) groups excluding carboxylic acids is 1. The Kier molecular flexibility index (Phi) is 2.64. The monoisotopic (exact) mass is 200 g/mol. The lowest BCUT2D eigenvalue weighted by Gasteiger charge is -1.97. The molecule has 0 aliphatic heterocycles. The summed E-state index contributed by atoms with van der Waals surface area (Å²) in [6.45, 7) is 0. The van der Waals surface area contributed by atoms with Crippen LogP contribution in [0, 0.1) is 11.3 Å². The molecular weight excluding hydrogens is 199 g/mol. The van der Waals surface area contributed by atoms with Crippen LogP contribution in [0.3, 0.4) is 0 Å². The normalized spacial score (nSPS) is 9.08. The second-order valence-corrected chi connectivity index (χ2v) is 2.63. The van der Waals surface area contributed by atoms with Crippen LogP contribution < -0.4 is 0 Å². The summed E-state index contributed by atoms with van der Waals surface area (Å²) >= 11 is 10.8. The lowest BCUT2D eigenvalue weighted by Crippen LogP contribution is -1.96. The lowest BCUT2D eigenvalue weighted by molar-refractivity contribution is 0.107. The molecule has 1 aromatic heterocycles. The van der Waals surface area contributed by atoms with Crippen molar-refractivity contribution in [3.05, 3.63) is 28.5 Å². The van der Waals surface area contributed by atoms with E-state index in [1.165, 1.54) is 12.3 Å². The predicted octanol–water partition coefficient (Wildman–Crippen LogP) is 1.99. The molecule has 0 bridgehead atoms. The van der Waals surface area contributed by atoms with E-state index in [1.807, 2.05) is 6.07 Å². The number of hydrogen-bond donors (Lipinski definition) is 0. The topological polar surface area (TPSA) is 53.8 Å². The van der Waals surface area contributed by atoms with Crippen molar-refractivity contribution in [1.29, 1.82) is 5.26 Å². The van der Waals surface area contributed by atoms with Crippen molar-refractivity contribution in [3.63, 3.8) is 0 Å². The van der Waals surface area contributed by atoms with Gasteiger partial charge in [-0.05, 0) is 17.7 Å². The number of aromatic nitrogens is 1. The summed E-state index contributed by atoms with van der Waals surface area (Å²) < 4.78 is 0. The molecule has 0 fully saturated rings. The van der Waals surface area contributed by atoms with Crippen LogP contribution in [0.15, 0.2) is 12.3 Å². The van der Waals surface area contributed by atoms with E-state index in [9.17, 15) is 4.79 Å². The Balaban J connectivity index is 3.35. The van der Waals surface area contributed by atoms with Crippen molar-refractivity contribution in [3.8, 4) is 6.07 Å². The molecule has 0 unspecified atom stereocenters. The van der Waals surface area contributed by atoms with Gasteiger partial charge in [-0.15, -0.1) is 0 Å². The van der Waals surface area contributed by atoms with E-state index in [0.29, 0.717) is 0 Å². The molecule has 0 saturated carbocycles. The molecule has 0 radical (unpaired) electrons. The van der Waals surface area contributed by atoms with Gasteiger partial charge in [-0.2, -0.15) is 5.26 Å². The zero-order valence-electron chi connectivity index (χ0n) is 5.71. The highest BCUT2D eigenvalue weighted by Gasteiger charge is 2.11. The molecule has 60 valence electrons. The summed E-state index contributed by atoms with van der Waals surface area (Å²) in [5.74, 6) is 0. The molecule has 0 aliphatic rings. The average Bonchev–Trinajstić information content (AvgIpc) is 2.04. The van der Waals surface area contributed by atoms with Crippen molar-refractivity contribution in [2.45, 2.75) is 0 Å². The molecule has 3 nitrogen and oxygen atoms in total. The number of nitrogens with zero attached hydrogens (tertiary/aromatic N) is 2. The summed E-state index contributed by atoms with van der Waals surface area (Å²) in [7, 11) is 0. The third-order valence-electron chi connectivity index (χ3n) is 1.20. The molecule has 0 amide bonds. The Bertz CT molecular complexity index is 370. The van der Waals surface area contributed by atoms with Gasteiger partial charge in [0, 0.05) is 6.20 Å². The third kappa shape index (κ3) is 1.55. The fourth-order valence-corrected chi connectivity index (χ4v) is 1.10. The van der Waals surface area contributed by atoms with E-state index in [0.717, 1.165) is 0 Å². The van der Waals surface area contributed by atoms with Crippen molar-refractivity contribution in [2.24, 2.45) is 0 Å². The van der Waals surface area contributed by atoms with Gasteiger partial charge >= 0.3 is 0 Å². The van der Waals surface area contributed by atoms with E-state index in [2.05, 4.69) is 4.98 Å². The first-order valence-corrected chi connectivity index (χ1v) is 3.67. The van der Waals surface area contributed by atoms with Crippen LogP contribution in [-0.4, -0.2) is 10.2 Å². The van der Waals surface area contributed by atoms with E-state index in [4.69, 9.17) is 28.5 Å². The largest absolute Gasteiger partial charge is 0.274 e. The first-order chi connectivity index (χ1) is 5.66. The van der Waals surface area contributed by atoms with Crippen LogP contribution in [0.25, 0.3) is 0 Å². The molecule has 0 aromatic carbocycles. The predicted molar refractivity (Wildman–Crippen MR) is 44.1 cm³/mol. The fourth-order valence-electron chi connectivity index (χ4n) is 0.667. The number of hydrogen-bond acceptors (Lipinski definition) is 3. The zero-order valence-corrected chi connectivity index (χ0v) is 7.23. The van der Waals surface area contributed by atoms with Gasteiger partial charge in [-0.1, -0.05) is 11.6 Å². The maximum atomic E-state index is 10.6. The highest BCUT2D eigenvalue weighted by Crippen LogP contribution is 2.19. The Morgan fingerprint density at radius 2 is 2.33 bits per heavy atom. The molecular formula is C7H2Cl2N2O. The first kappa shape index (κ1) is 8.98. The molecule has 0 atom stereocenters. The van der Waals surface area contributed by atoms with Gasteiger partial charge in [0.05, 0.1) is 10.6 Å². The third-order valence-corrected chi connectivity index (χ3v) is 1.76. The molecule has 0 saturated heterocycles. The molecule has 0 aliphatic carbocycles. The molecule has 12 heavy (non-hydrogen) atoms. The Labute approximate surface area is 78.5 Å². The summed E-state index contributed by atoms with van der Waals surface area (Å²) in [5, 5.41) is 7.74. The van der Waals surface area contributed by atoms with Crippen LogP contribution in [0.1, 0.15) is 16.1 Å². The Hall–Kier alpha value is -1.11. The standard InChI is InChI=1S/C7H2Cl2N2O/c8-5-4(3-10)1-2-11-6(5)7(9)12/h1-2H. The molecule has 1 rings (SSSR count). The SMILES string of the molecule is N#Cc1ccnc(C(=O)Cl)c1Cl. The average molecular weight is 201 g/mol. The van der Waals surface area contributed by atoms with Crippen LogP contribution in [-0.2, 0) is 0 Å². The minimum Gasteiger partial charge on any atom is -0.274 e. The molecule has 5 heteroatoms. The van der Waals surface area contributed by atoms with Crippen molar-refractivity contribution in [1.82, 2.24) is 4.98 Å². The maximum Gasteiger partial charge on any atom is 0.272 e. The van der Waals surface area contributed by atoms with Gasteiger partial charge in [0.1, 0.15) is 11.8 Å². The van der Waals surface area contributed by atoms with Crippen molar-refractivity contribution >= 4 is 28.4 Å². The summed E-state index contributed by atoms with van der Waals surface area (Å²) in [6.07, 6.45) is 1.31. The van der Waals surface area contributed by atoms with Gasteiger partial charge in [0.25, 0.3) is 5.24 Å². The minimum atomic E-state index is -0.767. The Morgan fingerprint density at radius 1 is 1.67 bits per heavy atom. The summed E-state index contributed by atoms with van der Waals surface area (Å²) in [4.78, 5) is 14.3. The van der Waals surface area contributed by atoms with E-state index < -0.39 is 5.24 Å². The summed E-state index contributed by atoms with van der Waals surface area (Å²) in [6, 6.07) is 3.22. The van der Waals surface area contributed by atoms with Crippen LogP contribution >= 0.6 is 23.2 Å². The van der Waals surface area contributed by atoms with Crippen molar-refractivity contribution in [2.75, 3.05) is 0 Å². The van der Waals surface area contributed by atoms with Gasteiger partial charge in [-0.25, -0.2) is 0 Å². The van der Waals surface area contributed by atoms with Gasteiger partial charge in [0.15, 0.2) is 0 Å². The number of pyridine rings is 1. The highest BCUT2D eigenvalue weighted by atomic mass is 35.5. The molecule has 1 heterocycles. The van der Waals surface area contributed by atoms with Crippen LogP contribution in [0.2, 0.25) is 5.02 Å². The minimum absolute atomic E-state index is 0.000000000000000444. The second-order valence-electron chi connectivity index (χ2n) is 1.91. The molecule has 0 spiro atoms. The number of nitriles is 1. The number of halogens is 2. The molecule has 1 aromatic rings. The second kappa shape index (κ2) is 3.53. The quantitative estimate of drug-likeness (QED) is 0.652. The van der Waals surface area contributed by atoms with E-state index in [-0.39, 0.29) is 16.3 Å². The maximum absolute atomic E-state index is 10.6. The number of rotatable bonds is 1. The lowest BCUT2D eigenvalue weighted by atomic mass is 10.2. The van der Waals surface area contributed by atoms with Crippen molar-refractivity contribution < 1.29 is 4.79 Å². The number of carbonyl (C=O) groups is 1. The van der Waals surface area contributed by atoms with E-state index in [1.54, 1.807) is 0 Å². The van der Waals surface area contributed by atoms with Crippen LogP contribution in [0.5, 0.6) is 0 Å². The van der Waals surface area contributed by atoms with Gasteiger partial charge < -0.3 is 0 Å². The van der Waals surface area contributed by atoms with E-state index >= 15 is 0 Å². The highest BCUT2D eigenvalue weighted by molar-refractivity contribution is 6.68. The van der Waals surface area contributed by atoms with Crippen LogP contribution in [0.4, 0.5) is 0 Å². The zero-order chi connectivity index (χ0) is 9.14. The smallest absolute Gasteiger partial charge is 0.272 e. The Morgan fingerprint density at radius 3 is 2.83 bits per heavy atom. The fraction of sp³-hybridized carbons (Fsp3) is 0. The summed E-state index contributed by atoms with van der Waals surface area (Å²) in [5.41, 5.74) is 0.105. The van der Waals surface area contributed by atoms with Gasteiger partial charge in [0.2, 0.25) is 0 Å².